The summed E-state index contributed by atoms with van der Waals surface area (Å²) in [4.78, 5) is 30.3. The van der Waals surface area contributed by atoms with E-state index in [4.69, 9.17) is 5.73 Å². The number of aromatic amines is 1. The van der Waals surface area contributed by atoms with Gasteiger partial charge in [0.25, 0.3) is 11.5 Å². The van der Waals surface area contributed by atoms with Crippen molar-refractivity contribution in [2.24, 2.45) is 5.73 Å². The number of aryl methyl sites for hydroxylation is 1. The highest BCUT2D eigenvalue weighted by molar-refractivity contribution is 7.20. The minimum absolute atomic E-state index is 0.194. The first-order chi connectivity index (χ1) is 10.4. The molecule has 3 N–H and O–H groups in total. The highest BCUT2D eigenvalue weighted by Crippen LogP contribution is 2.29. The Morgan fingerprint density at radius 3 is 2.55 bits per heavy atom. The van der Waals surface area contributed by atoms with E-state index in [9.17, 15) is 18.4 Å². The SMILES string of the molecule is Cc1c(C(N)=O)sc2nc(-c3c(F)cccc3F)[nH]c(=O)c12. The number of carbonyl (C=O) groups excluding carboxylic acids is 1. The van der Waals surface area contributed by atoms with Gasteiger partial charge in [-0.25, -0.2) is 13.8 Å². The van der Waals surface area contributed by atoms with Gasteiger partial charge in [0.2, 0.25) is 0 Å². The number of rotatable bonds is 2. The summed E-state index contributed by atoms with van der Waals surface area (Å²) in [6.45, 7) is 1.57. The highest BCUT2D eigenvalue weighted by atomic mass is 32.1. The van der Waals surface area contributed by atoms with Crippen LogP contribution in [0.25, 0.3) is 21.6 Å². The van der Waals surface area contributed by atoms with E-state index in [0.29, 0.717) is 5.56 Å². The van der Waals surface area contributed by atoms with Crippen molar-refractivity contribution in [3.63, 3.8) is 0 Å². The number of hydrogen-bond donors (Lipinski definition) is 2. The Balaban J connectivity index is 2.35. The van der Waals surface area contributed by atoms with Gasteiger partial charge >= 0.3 is 0 Å². The fourth-order valence-electron chi connectivity index (χ4n) is 2.22. The van der Waals surface area contributed by atoms with Crippen LogP contribution < -0.4 is 11.3 Å². The molecule has 0 aliphatic heterocycles. The molecule has 3 aromatic rings. The molecule has 1 amide bonds. The molecule has 0 saturated carbocycles. The summed E-state index contributed by atoms with van der Waals surface area (Å²) < 4.78 is 27.6. The fraction of sp³-hybridized carbons (Fsp3) is 0.0714. The first kappa shape index (κ1) is 14.3. The van der Waals surface area contributed by atoms with Crippen LogP contribution in [0.4, 0.5) is 8.78 Å². The number of aromatic nitrogens is 2. The Morgan fingerprint density at radius 1 is 1.32 bits per heavy atom. The van der Waals surface area contributed by atoms with Crippen LogP contribution in [0.3, 0.4) is 0 Å². The Labute approximate surface area is 126 Å². The topological polar surface area (TPSA) is 88.8 Å². The molecule has 1 aromatic carbocycles. The Kier molecular flexibility index (Phi) is 3.25. The van der Waals surface area contributed by atoms with Crippen LogP contribution in [0, 0.1) is 18.6 Å². The quantitative estimate of drug-likeness (QED) is 0.759. The van der Waals surface area contributed by atoms with E-state index in [0.717, 1.165) is 23.5 Å². The molecule has 8 heteroatoms. The van der Waals surface area contributed by atoms with Crippen LogP contribution in [0.1, 0.15) is 15.2 Å². The first-order valence-electron chi connectivity index (χ1n) is 6.17. The number of hydrogen-bond acceptors (Lipinski definition) is 4. The molecule has 0 bridgehead atoms. The molecule has 0 aliphatic carbocycles. The Morgan fingerprint density at radius 2 is 1.95 bits per heavy atom. The summed E-state index contributed by atoms with van der Waals surface area (Å²) in [5, 5.41) is 0.194. The number of nitrogens with zero attached hydrogens (tertiary/aromatic N) is 1. The minimum atomic E-state index is -0.842. The standard InChI is InChI=1S/C14H9F2N3O2S/c1-5-8-13(21)18-12(9-6(15)3-2-4-7(9)16)19-14(8)22-10(5)11(17)20/h2-4H,1H3,(H2,17,20)(H,18,19,21). The average Bonchev–Trinajstić information content (AvgIpc) is 2.76. The third kappa shape index (κ3) is 2.08. The van der Waals surface area contributed by atoms with Crippen molar-refractivity contribution in [2.75, 3.05) is 0 Å². The maximum atomic E-state index is 13.8. The van der Waals surface area contributed by atoms with E-state index in [1.165, 1.54) is 6.07 Å². The average molecular weight is 321 g/mol. The normalized spacial score (nSPS) is 11.0. The maximum Gasteiger partial charge on any atom is 0.260 e. The third-order valence-corrected chi connectivity index (χ3v) is 4.42. The van der Waals surface area contributed by atoms with E-state index >= 15 is 0 Å². The number of nitrogens with two attached hydrogens (primary N) is 1. The van der Waals surface area contributed by atoms with Gasteiger partial charge in [0.05, 0.1) is 15.8 Å². The molecule has 5 nitrogen and oxygen atoms in total. The molecule has 2 aromatic heterocycles. The largest absolute Gasteiger partial charge is 0.365 e. The second-order valence-corrected chi connectivity index (χ2v) is 5.61. The van der Waals surface area contributed by atoms with Crippen LogP contribution >= 0.6 is 11.3 Å². The molecule has 22 heavy (non-hydrogen) atoms. The number of benzene rings is 1. The van der Waals surface area contributed by atoms with Crippen LogP contribution in [-0.4, -0.2) is 15.9 Å². The van der Waals surface area contributed by atoms with Gasteiger partial charge < -0.3 is 10.7 Å². The van der Waals surface area contributed by atoms with E-state index in [2.05, 4.69) is 9.97 Å². The van der Waals surface area contributed by atoms with E-state index in [-0.39, 0.29) is 20.9 Å². The zero-order valence-electron chi connectivity index (χ0n) is 11.2. The zero-order valence-corrected chi connectivity index (χ0v) is 12.1. The van der Waals surface area contributed by atoms with E-state index < -0.39 is 28.7 Å². The van der Waals surface area contributed by atoms with Crippen molar-refractivity contribution in [3.05, 3.63) is 50.6 Å². The predicted octanol–water partition coefficient (Wildman–Crippen LogP) is 2.34. The molecule has 0 atom stereocenters. The number of nitrogens with one attached hydrogen (secondary N) is 1. The summed E-state index contributed by atoms with van der Waals surface area (Å²) >= 11 is 0.916. The second-order valence-electron chi connectivity index (χ2n) is 4.61. The summed E-state index contributed by atoms with van der Waals surface area (Å²) in [6.07, 6.45) is 0. The molecule has 112 valence electrons. The third-order valence-electron chi connectivity index (χ3n) is 3.22. The summed E-state index contributed by atoms with van der Waals surface area (Å²) in [5.74, 6) is -2.60. The Hall–Kier alpha value is -2.61. The lowest BCUT2D eigenvalue weighted by atomic mass is 10.1. The number of fused-ring (bicyclic) bond motifs is 1. The second kappa shape index (κ2) is 4.99. The summed E-state index contributed by atoms with van der Waals surface area (Å²) in [6, 6.07) is 3.35. The lowest BCUT2D eigenvalue weighted by Gasteiger charge is -2.04. The van der Waals surface area contributed by atoms with Crippen molar-refractivity contribution >= 4 is 27.5 Å². The molecular formula is C14H9F2N3O2S. The van der Waals surface area contributed by atoms with Crippen LogP contribution in [0.5, 0.6) is 0 Å². The molecule has 2 heterocycles. The van der Waals surface area contributed by atoms with Gasteiger partial charge in [-0.15, -0.1) is 11.3 Å². The lowest BCUT2D eigenvalue weighted by molar-refractivity contribution is 0.100. The van der Waals surface area contributed by atoms with E-state index in [1.54, 1.807) is 6.92 Å². The van der Waals surface area contributed by atoms with Gasteiger partial charge in [-0.1, -0.05) is 6.07 Å². The number of primary amides is 1. The summed E-state index contributed by atoms with van der Waals surface area (Å²) in [5.41, 5.74) is 4.64. The number of thiophene rings is 1. The number of carbonyl (C=O) groups is 1. The van der Waals surface area contributed by atoms with Gasteiger partial charge in [-0.05, 0) is 24.6 Å². The first-order valence-corrected chi connectivity index (χ1v) is 6.99. The predicted molar refractivity (Wildman–Crippen MR) is 78.8 cm³/mol. The van der Waals surface area contributed by atoms with Gasteiger partial charge in [-0.2, -0.15) is 0 Å². The molecule has 0 unspecified atom stereocenters. The molecule has 0 spiro atoms. The highest BCUT2D eigenvalue weighted by Gasteiger charge is 2.20. The zero-order chi connectivity index (χ0) is 16.0. The van der Waals surface area contributed by atoms with Crippen LogP contribution in [-0.2, 0) is 0 Å². The molecule has 0 fully saturated rings. The van der Waals surface area contributed by atoms with Crippen molar-refractivity contribution in [2.45, 2.75) is 6.92 Å². The summed E-state index contributed by atoms with van der Waals surface area (Å²) in [7, 11) is 0. The molecule has 0 aliphatic rings. The van der Waals surface area contributed by atoms with Gasteiger partial charge in [0, 0.05) is 0 Å². The monoisotopic (exact) mass is 321 g/mol. The molecule has 0 radical (unpaired) electrons. The van der Waals surface area contributed by atoms with E-state index in [1.807, 2.05) is 0 Å². The molecular weight excluding hydrogens is 312 g/mol. The van der Waals surface area contributed by atoms with Crippen molar-refractivity contribution in [3.8, 4) is 11.4 Å². The minimum Gasteiger partial charge on any atom is -0.365 e. The lowest BCUT2D eigenvalue weighted by Crippen LogP contribution is -2.12. The number of amides is 1. The number of halogens is 2. The smallest absolute Gasteiger partial charge is 0.260 e. The Bertz CT molecular complexity index is 958. The van der Waals surface area contributed by atoms with Gasteiger partial charge in [0.15, 0.2) is 0 Å². The molecule has 0 saturated heterocycles. The van der Waals surface area contributed by atoms with Crippen molar-refractivity contribution < 1.29 is 13.6 Å². The van der Waals surface area contributed by atoms with Gasteiger partial charge in [-0.3, -0.25) is 9.59 Å². The van der Waals surface area contributed by atoms with Crippen molar-refractivity contribution in [1.82, 2.24) is 9.97 Å². The van der Waals surface area contributed by atoms with Gasteiger partial charge in [0.1, 0.15) is 22.3 Å². The van der Waals surface area contributed by atoms with Crippen molar-refractivity contribution in [1.29, 1.82) is 0 Å². The molecule has 3 rings (SSSR count). The van der Waals surface area contributed by atoms with Crippen LogP contribution in [0.2, 0.25) is 0 Å². The van der Waals surface area contributed by atoms with Crippen LogP contribution in [0.15, 0.2) is 23.0 Å². The maximum absolute atomic E-state index is 13.8. The number of H-pyrrole nitrogens is 1. The fourth-order valence-corrected chi connectivity index (χ4v) is 3.26.